The Labute approximate surface area is 104 Å². The summed E-state index contributed by atoms with van der Waals surface area (Å²) in [5.41, 5.74) is 1.24. The van der Waals surface area contributed by atoms with E-state index >= 15 is 0 Å². The SMILES string of the molecule is CN1CC(CNCCOCc2ccccc2)C1. The summed E-state index contributed by atoms with van der Waals surface area (Å²) >= 11 is 0. The molecule has 0 aliphatic carbocycles. The number of hydrogen-bond acceptors (Lipinski definition) is 3. The molecule has 0 atom stereocenters. The normalized spacial score (nSPS) is 17.0. The van der Waals surface area contributed by atoms with Gasteiger partial charge in [-0.2, -0.15) is 0 Å². The van der Waals surface area contributed by atoms with E-state index in [4.69, 9.17) is 4.74 Å². The molecule has 94 valence electrons. The number of rotatable bonds is 7. The lowest BCUT2D eigenvalue weighted by Gasteiger charge is -2.36. The van der Waals surface area contributed by atoms with Gasteiger partial charge in [0, 0.05) is 26.2 Å². The van der Waals surface area contributed by atoms with Gasteiger partial charge in [-0.15, -0.1) is 0 Å². The summed E-state index contributed by atoms with van der Waals surface area (Å²) in [5, 5.41) is 3.44. The smallest absolute Gasteiger partial charge is 0.0717 e. The molecule has 0 spiro atoms. The zero-order chi connectivity index (χ0) is 11.9. The molecule has 17 heavy (non-hydrogen) atoms. The van der Waals surface area contributed by atoms with Crippen molar-refractivity contribution in [3.8, 4) is 0 Å². The molecule has 0 unspecified atom stereocenters. The van der Waals surface area contributed by atoms with E-state index < -0.39 is 0 Å². The van der Waals surface area contributed by atoms with Crippen LogP contribution in [-0.2, 0) is 11.3 Å². The predicted octanol–water partition coefficient (Wildman–Crippen LogP) is 1.35. The molecule has 3 heteroatoms. The predicted molar refractivity (Wildman–Crippen MR) is 70.0 cm³/mol. The number of hydrogen-bond donors (Lipinski definition) is 1. The lowest BCUT2D eigenvalue weighted by Crippen LogP contribution is -2.48. The van der Waals surface area contributed by atoms with Crippen LogP contribution in [0.25, 0.3) is 0 Å². The van der Waals surface area contributed by atoms with Gasteiger partial charge in [-0.25, -0.2) is 0 Å². The third-order valence-corrected chi connectivity index (χ3v) is 3.11. The first-order chi connectivity index (χ1) is 8.34. The summed E-state index contributed by atoms with van der Waals surface area (Å²) in [5.74, 6) is 0.842. The molecule has 1 aliphatic rings. The summed E-state index contributed by atoms with van der Waals surface area (Å²) in [6, 6.07) is 10.3. The highest BCUT2D eigenvalue weighted by atomic mass is 16.5. The summed E-state index contributed by atoms with van der Waals surface area (Å²) < 4.78 is 5.60. The van der Waals surface area contributed by atoms with E-state index in [9.17, 15) is 0 Å². The van der Waals surface area contributed by atoms with Crippen molar-refractivity contribution in [3.05, 3.63) is 35.9 Å². The molecule has 0 radical (unpaired) electrons. The Morgan fingerprint density at radius 2 is 2.06 bits per heavy atom. The largest absolute Gasteiger partial charge is 0.375 e. The van der Waals surface area contributed by atoms with Crippen LogP contribution >= 0.6 is 0 Å². The molecular formula is C14H22N2O. The molecular weight excluding hydrogens is 212 g/mol. The van der Waals surface area contributed by atoms with Gasteiger partial charge in [0.25, 0.3) is 0 Å². The highest BCUT2D eigenvalue weighted by Gasteiger charge is 2.21. The Hall–Kier alpha value is -0.900. The number of nitrogens with zero attached hydrogens (tertiary/aromatic N) is 1. The molecule has 0 amide bonds. The molecule has 0 aromatic heterocycles. The average molecular weight is 234 g/mol. The monoisotopic (exact) mass is 234 g/mol. The molecule has 1 aromatic rings. The van der Waals surface area contributed by atoms with Crippen molar-refractivity contribution in [2.45, 2.75) is 6.61 Å². The molecule has 0 bridgehead atoms. The minimum absolute atomic E-state index is 0.717. The quantitative estimate of drug-likeness (QED) is 0.721. The second kappa shape index (κ2) is 6.74. The Balaban J connectivity index is 1.44. The molecule has 1 aromatic carbocycles. The van der Waals surface area contributed by atoms with Gasteiger partial charge in [-0.1, -0.05) is 30.3 Å². The third kappa shape index (κ3) is 4.46. The number of benzene rings is 1. The molecule has 1 saturated heterocycles. The number of ether oxygens (including phenoxy) is 1. The highest BCUT2D eigenvalue weighted by molar-refractivity contribution is 5.13. The van der Waals surface area contributed by atoms with Crippen molar-refractivity contribution in [1.29, 1.82) is 0 Å². The molecule has 2 rings (SSSR count). The van der Waals surface area contributed by atoms with E-state index in [0.717, 1.165) is 25.6 Å². The van der Waals surface area contributed by atoms with Crippen LogP contribution in [-0.4, -0.2) is 44.7 Å². The van der Waals surface area contributed by atoms with Gasteiger partial charge in [0.15, 0.2) is 0 Å². The van der Waals surface area contributed by atoms with Crippen LogP contribution in [0.15, 0.2) is 30.3 Å². The van der Waals surface area contributed by atoms with E-state index in [1.54, 1.807) is 0 Å². The van der Waals surface area contributed by atoms with Crippen molar-refractivity contribution < 1.29 is 4.74 Å². The van der Waals surface area contributed by atoms with Crippen LogP contribution in [0, 0.1) is 5.92 Å². The first kappa shape index (κ1) is 12.6. The average Bonchev–Trinajstić information content (AvgIpc) is 2.32. The summed E-state index contributed by atoms with van der Waals surface area (Å²) in [4.78, 5) is 2.35. The summed E-state index contributed by atoms with van der Waals surface area (Å²) in [6.45, 7) is 6.05. The Morgan fingerprint density at radius 1 is 1.29 bits per heavy atom. The lowest BCUT2D eigenvalue weighted by molar-refractivity contribution is 0.110. The van der Waals surface area contributed by atoms with Crippen LogP contribution in [0.2, 0.25) is 0 Å². The maximum absolute atomic E-state index is 5.60. The molecule has 3 nitrogen and oxygen atoms in total. The van der Waals surface area contributed by atoms with E-state index in [-0.39, 0.29) is 0 Å². The standard InChI is InChI=1S/C14H22N2O/c1-16-10-14(11-16)9-15-7-8-17-12-13-5-3-2-4-6-13/h2-6,14-15H,7-12H2,1H3. The lowest BCUT2D eigenvalue weighted by atomic mass is 10.0. The molecule has 1 fully saturated rings. The summed E-state index contributed by atoms with van der Waals surface area (Å²) in [7, 11) is 2.17. The second-order valence-corrected chi connectivity index (χ2v) is 4.83. The Kier molecular flexibility index (Phi) is 4.98. The topological polar surface area (TPSA) is 24.5 Å². The van der Waals surface area contributed by atoms with E-state index in [1.165, 1.54) is 18.7 Å². The first-order valence-corrected chi connectivity index (χ1v) is 6.35. The van der Waals surface area contributed by atoms with Crippen LogP contribution in [0.3, 0.4) is 0 Å². The number of likely N-dealkylation sites (tertiary alicyclic amines) is 1. The zero-order valence-electron chi connectivity index (χ0n) is 10.6. The van der Waals surface area contributed by atoms with Crippen LogP contribution in [0.1, 0.15) is 5.56 Å². The second-order valence-electron chi connectivity index (χ2n) is 4.83. The van der Waals surface area contributed by atoms with Crippen molar-refractivity contribution in [3.63, 3.8) is 0 Å². The minimum Gasteiger partial charge on any atom is -0.375 e. The van der Waals surface area contributed by atoms with Gasteiger partial charge in [-0.05, 0) is 18.5 Å². The van der Waals surface area contributed by atoms with Gasteiger partial charge < -0.3 is 15.0 Å². The Morgan fingerprint density at radius 3 is 2.76 bits per heavy atom. The Bertz CT molecular complexity index is 309. The van der Waals surface area contributed by atoms with E-state index in [0.29, 0.717) is 6.61 Å². The maximum atomic E-state index is 5.60. The van der Waals surface area contributed by atoms with Crippen molar-refractivity contribution >= 4 is 0 Å². The van der Waals surface area contributed by atoms with Gasteiger partial charge in [0.2, 0.25) is 0 Å². The van der Waals surface area contributed by atoms with Crippen molar-refractivity contribution in [2.24, 2.45) is 5.92 Å². The molecule has 1 N–H and O–H groups in total. The summed E-state index contributed by atoms with van der Waals surface area (Å²) in [6.07, 6.45) is 0. The van der Waals surface area contributed by atoms with E-state index in [2.05, 4.69) is 29.4 Å². The fourth-order valence-electron chi connectivity index (χ4n) is 2.17. The van der Waals surface area contributed by atoms with Gasteiger partial charge >= 0.3 is 0 Å². The van der Waals surface area contributed by atoms with Crippen LogP contribution in [0.4, 0.5) is 0 Å². The maximum Gasteiger partial charge on any atom is 0.0717 e. The highest BCUT2D eigenvalue weighted by Crippen LogP contribution is 2.10. The molecule has 0 saturated carbocycles. The third-order valence-electron chi connectivity index (χ3n) is 3.11. The fourth-order valence-corrected chi connectivity index (χ4v) is 2.17. The van der Waals surface area contributed by atoms with Crippen LogP contribution in [0.5, 0.6) is 0 Å². The van der Waals surface area contributed by atoms with Gasteiger partial charge in [-0.3, -0.25) is 0 Å². The van der Waals surface area contributed by atoms with Gasteiger partial charge in [0.1, 0.15) is 0 Å². The first-order valence-electron chi connectivity index (χ1n) is 6.35. The van der Waals surface area contributed by atoms with Crippen LogP contribution < -0.4 is 5.32 Å². The molecule has 1 heterocycles. The fraction of sp³-hybridized carbons (Fsp3) is 0.571. The van der Waals surface area contributed by atoms with Crippen molar-refractivity contribution in [2.75, 3.05) is 39.8 Å². The van der Waals surface area contributed by atoms with Crippen molar-refractivity contribution in [1.82, 2.24) is 10.2 Å². The molecule has 1 aliphatic heterocycles. The van der Waals surface area contributed by atoms with Gasteiger partial charge in [0.05, 0.1) is 13.2 Å². The van der Waals surface area contributed by atoms with E-state index in [1.807, 2.05) is 18.2 Å². The number of nitrogens with one attached hydrogen (secondary N) is 1. The minimum atomic E-state index is 0.717. The zero-order valence-corrected chi connectivity index (χ0v) is 10.6.